The largest absolute Gasteiger partial charge is 0.396 e. The van der Waals surface area contributed by atoms with Crippen LogP contribution < -0.4 is 10.6 Å². The molecule has 0 saturated heterocycles. The Hall–Kier alpha value is -3.06. The minimum atomic E-state index is -5.39. The summed E-state index contributed by atoms with van der Waals surface area (Å²) in [5.41, 5.74) is 1.74. The average molecular weight is 575 g/mol. The van der Waals surface area contributed by atoms with E-state index in [0.29, 0.717) is 32.6 Å². The van der Waals surface area contributed by atoms with Crippen LogP contribution in [0.2, 0.25) is 10.0 Å². The van der Waals surface area contributed by atoms with Gasteiger partial charge in [-0.3, -0.25) is 20.2 Å². The molecule has 0 saturated carbocycles. The Morgan fingerprint density at radius 1 is 0.667 bits per heavy atom. The Morgan fingerprint density at radius 2 is 1.00 bits per heavy atom. The fourth-order valence-electron chi connectivity index (χ4n) is 2.81. The van der Waals surface area contributed by atoms with Crippen molar-refractivity contribution in [1.29, 1.82) is 0 Å². The van der Waals surface area contributed by atoms with Gasteiger partial charge in [0.25, 0.3) is 0 Å². The molecule has 2 N–H and O–H groups in total. The summed E-state index contributed by atoms with van der Waals surface area (Å²) < 4.78 is 57.7. The molecule has 0 unspecified atom stereocenters. The lowest BCUT2D eigenvalue weighted by Gasteiger charge is -2.23. The molecule has 36 heavy (non-hydrogen) atoms. The van der Waals surface area contributed by atoms with Crippen LogP contribution in [0.5, 0.6) is 0 Å². The van der Waals surface area contributed by atoms with Gasteiger partial charge in [-0.25, -0.2) is 9.97 Å². The third-order valence-electron chi connectivity index (χ3n) is 4.69. The number of carbonyl (C=O) groups is 2. The molecule has 4 rings (SSSR count). The van der Waals surface area contributed by atoms with Gasteiger partial charge in [-0.15, -0.1) is 22.7 Å². The predicted octanol–water partition coefficient (Wildman–Crippen LogP) is 7.09. The van der Waals surface area contributed by atoms with E-state index in [-0.39, 0.29) is 10.3 Å². The first kappa shape index (κ1) is 26.0. The van der Waals surface area contributed by atoms with Crippen LogP contribution in [0.3, 0.4) is 0 Å². The number of amides is 2. The molecule has 14 heteroatoms. The molecule has 186 valence electrons. The summed E-state index contributed by atoms with van der Waals surface area (Å²) in [6, 6.07) is 12.7. The quantitative estimate of drug-likeness (QED) is 0.231. The van der Waals surface area contributed by atoms with E-state index in [2.05, 4.69) is 9.97 Å². The summed E-state index contributed by atoms with van der Waals surface area (Å²) >= 11 is 13.1. The van der Waals surface area contributed by atoms with E-state index >= 15 is 0 Å². The predicted molar refractivity (Wildman–Crippen MR) is 132 cm³/mol. The molecule has 0 bridgehead atoms. The van der Waals surface area contributed by atoms with Gasteiger partial charge in [0.05, 0.1) is 11.4 Å². The van der Waals surface area contributed by atoms with Crippen molar-refractivity contribution in [1.82, 2.24) is 9.97 Å². The number of benzene rings is 2. The van der Waals surface area contributed by atoms with E-state index < -0.39 is 23.7 Å². The van der Waals surface area contributed by atoms with E-state index in [1.807, 2.05) is 0 Å². The fraction of sp³-hybridized carbons (Fsp3) is 0.0909. The maximum Gasteiger partial charge on any atom is 0.396 e. The monoisotopic (exact) mass is 574 g/mol. The molecule has 2 amide bonds. The third-order valence-corrected chi connectivity index (χ3v) is 6.71. The highest BCUT2D eigenvalue weighted by Crippen LogP contribution is 2.37. The minimum absolute atomic E-state index is 0.306. The van der Waals surface area contributed by atoms with Crippen molar-refractivity contribution in [2.24, 2.45) is 0 Å². The first-order valence-electron chi connectivity index (χ1n) is 9.79. The van der Waals surface area contributed by atoms with Crippen molar-refractivity contribution >= 4 is 68.0 Å². The number of halogens is 6. The van der Waals surface area contributed by atoms with Crippen LogP contribution in [0.25, 0.3) is 22.5 Å². The molecule has 0 atom stereocenters. The highest BCUT2D eigenvalue weighted by atomic mass is 35.5. The van der Waals surface area contributed by atoms with Gasteiger partial charge in [-0.2, -0.15) is 17.6 Å². The summed E-state index contributed by atoms with van der Waals surface area (Å²) in [4.78, 5) is 32.0. The van der Waals surface area contributed by atoms with Crippen molar-refractivity contribution in [2.45, 2.75) is 11.8 Å². The first-order chi connectivity index (χ1) is 17.0. The number of nitrogens with zero attached hydrogens (tertiary/aromatic N) is 2. The van der Waals surface area contributed by atoms with Crippen LogP contribution in [0.15, 0.2) is 59.3 Å². The molecule has 2 heterocycles. The zero-order valence-corrected chi connectivity index (χ0v) is 20.7. The number of anilines is 2. The first-order valence-corrected chi connectivity index (χ1v) is 12.3. The maximum absolute atomic E-state index is 14.4. The molecular formula is C22H12Cl2F4N4O2S2. The van der Waals surface area contributed by atoms with Crippen LogP contribution in [0, 0.1) is 0 Å². The second kappa shape index (κ2) is 10.1. The number of aromatic nitrogens is 2. The van der Waals surface area contributed by atoms with Gasteiger partial charge in [0.15, 0.2) is 10.3 Å². The summed E-state index contributed by atoms with van der Waals surface area (Å²) in [7, 11) is 0. The van der Waals surface area contributed by atoms with Gasteiger partial charge in [-0.1, -0.05) is 47.5 Å². The second-order valence-electron chi connectivity index (χ2n) is 7.15. The average Bonchev–Trinajstić information content (AvgIpc) is 3.50. The van der Waals surface area contributed by atoms with Gasteiger partial charge in [0.2, 0.25) is 0 Å². The number of nitrogens with one attached hydrogen (secondary N) is 2. The maximum atomic E-state index is 14.4. The number of hydrogen-bond donors (Lipinski definition) is 2. The van der Waals surface area contributed by atoms with Crippen LogP contribution in [0.4, 0.5) is 27.8 Å². The Balaban J connectivity index is 1.44. The zero-order valence-electron chi connectivity index (χ0n) is 17.6. The molecule has 6 nitrogen and oxygen atoms in total. The second-order valence-corrected chi connectivity index (χ2v) is 9.74. The topological polar surface area (TPSA) is 84.0 Å². The lowest BCUT2D eigenvalue weighted by molar-refractivity contribution is -0.204. The highest BCUT2D eigenvalue weighted by molar-refractivity contribution is 7.14. The van der Waals surface area contributed by atoms with Crippen molar-refractivity contribution in [2.75, 3.05) is 10.6 Å². The van der Waals surface area contributed by atoms with Crippen LogP contribution in [-0.2, 0) is 9.59 Å². The van der Waals surface area contributed by atoms with E-state index in [1.165, 1.54) is 10.8 Å². The van der Waals surface area contributed by atoms with Gasteiger partial charge in [0.1, 0.15) is 0 Å². The summed E-state index contributed by atoms with van der Waals surface area (Å²) in [5, 5.41) is 6.37. The van der Waals surface area contributed by atoms with Gasteiger partial charge in [0, 0.05) is 31.9 Å². The normalized spacial score (nSPS) is 11.8. The molecule has 2 aromatic carbocycles. The molecule has 4 aromatic rings. The smallest absolute Gasteiger partial charge is 0.296 e. The lowest BCUT2D eigenvalue weighted by Crippen LogP contribution is -2.56. The van der Waals surface area contributed by atoms with E-state index in [0.717, 1.165) is 22.7 Å². The zero-order chi connectivity index (χ0) is 26.1. The molecule has 0 aliphatic rings. The summed E-state index contributed by atoms with van der Waals surface area (Å²) in [6.07, 6.45) is 0. The molecule has 2 aromatic heterocycles. The molecule has 0 fully saturated rings. The van der Waals surface area contributed by atoms with Crippen molar-refractivity contribution in [3.63, 3.8) is 0 Å². The molecule has 0 aliphatic carbocycles. The number of thiazole rings is 2. The number of alkyl halides is 4. The van der Waals surface area contributed by atoms with E-state index in [4.69, 9.17) is 23.2 Å². The van der Waals surface area contributed by atoms with Gasteiger partial charge in [-0.05, 0) is 24.3 Å². The molecule has 0 aliphatic heterocycles. The number of carbonyl (C=O) groups excluding carboxylic acids is 2. The Kier molecular flexibility index (Phi) is 7.32. The summed E-state index contributed by atoms with van der Waals surface area (Å²) in [5.74, 6) is -15.6. The lowest BCUT2D eigenvalue weighted by atomic mass is 10.1. The number of rotatable bonds is 7. The standard InChI is InChI=1S/C22H12Cl2F4N4O2S2/c23-13-5-1-11(2-6-13)15-9-35-19(29-15)31-17(33)21(25,26)22(27,28)18(34)32-20-30-16(10-36-20)12-3-7-14(24)8-4-12/h1-10H,(H,29,31,33)(H,30,32,34). The summed E-state index contributed by atoms with van der Waals surface area (Å²) in [6.45, 7) is 0. The van der Waals surface area contributed by atoms with Crippen LogP contribution in [-0.4, -0.2) is 33.6 Å². The highest BCUT2D eigenvalue weighted by Gasteiger charge is 2.67. The van der Waals surface area contributed by atoms with Crippen molar-refractivity contribution < 1.29 is 27.2 Å². The Labute approximate surface area is 218 Å². The van der Waals surface area contributed by atoms with E-state index in [1.54, 1.807) is 59.2 Å². The van der Waals surface area contributed by atoms with Crippen molar-refractivity contribution in [3.05, 3.63) is 69.3 Å². The minimum Gasteiger partial charge on any atom is -0.296 e. The SMILES string of the molecule is O=C(Nc1nc(-c2ccc(Cl)cc2)cs1)C(F)(F)C(F)(F)C(=O)Nc1nc(-c2ccc(Cl)cc2)cs1. The third kappa shape index (κ3) is 5.36. The van der Waals surface area contributed by atoms with E-state index in [9.17, 15) is 27.2 Å². The fourth-order valence-corrected chi connectivity index (χ4v) is 4.49. The Bertz CT molecular complexity index is 1300. The van der Waals surface area contributed by atoms with Crippen molar-refractivity contribution in [3.8, 4) is 22.5 Å². The molecule has 0 radical (unpaired) electrons. The molecular weight excluding hydrogens is 563 g/mol. The number of hydrogen-bond acceptors (Lipinski definition) is 6. The van der Waals surface area contributed by atoms with Crippen LogP contribution in [0.1, 0.15) is 0 Å². The van der Waals surface area contributed by atoms with Gasteiger partial charge < -0.3 is 0 Å². The van der Waals surface area contributed by atoms with Gasteiger partial charge >= 0.3 is 23.7 Å². The van der Waals surface area contributed by atoms with Crippen LogP contribution >= 0.6 is 45.9 Å². The Morgan fingerprint density at radius 3 is 1.33 bits per heavy atom. The molecule has 0 spiro atoms.